The van der Waals surface area contributed by atoms with Gasteiger partial charge < -0.3 is 9.80 Å². The summed E-state index contributed by atoms with van der Waals surface area (Å²) in [6, 6.07) is 60.9. The SMILES string of the molecule is CC1(C)c2ccccc2N(c2ccc(-c3nc4ccccc4nc3-c3ccc(N4c5ccccc5C(C)(C)c5ccccc54)cc3)cc2)c2ccccc21. The zero-order valence-corrected chi connectivity index (χ0v) is 31.0. The number of aromatic nitrogens is 2. The molecule has 10 rings (SSSR count). The standard InChI is InChI=1S/C50H40N4/c1-49(2)37-15-5-11-21-43(37)53(44-22-12-6-16-38(44)49)35-29-25-33(26-30-35)47-48(52-42-20-10-9-19-41(42)51-47)34-27-31-36(32-28-34)54-45-23-13-7-17-39(45)50(3,4)40-18-8-14-24-46(40)54/h5-32H,1-4H3. The van der Waals surface area contributed by atoms with E-state index in [0.29, 0.717) is 0 Å². The molecule has 1 aromatic heterocycles. The Morgan fingerprint density at radius 2 is 0.611 bits per heavy atom. The molecule has 0 aliphatic carbocycles. The van der Waals surface area contributed by atoms with E-state index in [1.54, 1.807) is 0 Å². The first-order valence-electron chi connectivity index (χ1n) is 18.8. The van der Waals surface area contributed by atoms with E-state index in [1.807, 2.05) is 24.3 Å². The summed E-state index contributed by atoms with van der Waals surface area (Å²) in [6.45, 7) is 9.29. The van der Waals surface area contributed by atoms with Gasteiger partial charge in [-0.25, -0.2) is 9.97 Å². The van der Waals surface area contributed by atoms with Gasteiger partial charge in [-0.2, -0.15) is 0 Å². The summed E-state index contributed by atoms with van der Waals surface area (Å²) in [5.41, 5.74) is 17.7. The molecule has 0 radical (unpaired) electrons. The number of para-hydroxylation sites is 6. The maximum absolute atomic E-state index is 5.26. The van der Waals surface area contributed by atoms with Crippen LogP contribution in [0.2, 0.25) is 0 Å². The van der Waals surface area contributed by atoms with Crippen LogP contribution in [-0.2, 0) is 10.8 Å². The van der Waals surface area contributed by atoms with Crippen LogP contribution in [0.5, 0.6) is 0 Å². The molecule has 0 saturated carbocycles. The maximum atomic E-state index is 5.26. The highest BCUT2D eigenvalue weighted by Crippen LogP contribution is 2.53. The van der Waals surface area contributed by atoms with E-state index in [1.165, 1.54) is 45.0 Å². The second kappa shape index (κ2) is 12.0. The Bertz CT molecular complexity index is 2440. The van der Waals surface area contributed by atoms with Crippen LogP contribution in [0, 0.1) is 0 Å². The van der Waals surface area contributed by atoms with Gasteiger partial charge in [0.25, 0.3) is 0 Å². The van der Waals surface area contributed by atoms with Gasteiger partial charge in [0.05, 0.1) is 45.2 Å². The molecule has 4 heteroatoms. The molecule has 0 atom stereocenters. The largest absolute Gasteiger partial charge is 0.310 e. The fourth-order valence-electron chi connectivity index (χ4n) is 8.83. The first-order chi connectivity index (χ1) is 26.3. The molecule has 0 spiro atoms. The topological polar surface area (TPSA) is 32.3 Å². The Kier molecular flexibility index (Phi) is 7.15. The van der Waals surface area contributed by atoms with E-state index >= 15 is 0 Å². The molecule has 3 heterocycles. The van der Waals surface area contributed by atoms with Crippen molar-refractivity contribution < 1.29 is 0 Å². The Hall–Kier alpha value is -6.52. The fourth-order valence-corrected chi connectivity index (χ4v) is 8.83. The Labute approximate surface area is 317 Å². The molecular weight excluding hydrogens is 657 g/mol. The number of rotatable bonds is 4. The van der Waals surface area contributed by atoms with Gasteiger partial charge in [0.1, 0.15) is 0 Å². The minimum Gasteiger partial charge on any atom is -0.310 e. The van der Waals surface area contributed by atoms with Crippen molar-refractivity contribution in [1.29, 1.82) is 0 Å². The normalized spacial score (nSPS) is 14.9. The molecule has 260 valence electrons. The highest BCUT2D eigenvalue weighted by Gasteiger charge is 2.37. The summed E-state index contributed by atoms with van der Waals surface area (Å²) in [7, 11) is 0. The molecule has 2 aliphatic rings. The number of fused-ring (bicyclic) bond motifs is 5. The molecule has 0 fully saturated rings. The molecule has 0 N–H and O–H groups in total. The number of benzene rings is 7. The molecule has 0 bridgehead atoms. The summed E-state index contributed by atoms with van der Waals surface area (Å²) in [6.07, 6.45) is 0. The molecule has 7 aromatic carbocycles. The lowest BCUT2D eigenvalue weighted by atomic mass is 9.73. The number of hydrogen-bond donors (Lipinski definition) is 0. The quantitative estimate of drug-likeness (QED) is 0.183. The zero-order valence-electron chi connectivity index (χ0n) is 31.0. The zero-order chi connectivity index (χ0) is 36.6. The maximum Gasteiger partial charge on any atom is 0.0973 e. The van der Waals surface area contributed by atoms with Crippen molar-refractivity contribution >= 4 is 45.2 Å². The predicted octanol–water partition coefficient (Wildman–Crippen LogP) is 13.2. The lowest BCUT2D eigenvalue weighted by molar-refractivity contribution is 0.632. The van der Waals surface area contributed by atoms with E-state index in [0.717, 1.165) is 44.9 Å². The predicted molar refractivity (Wildman–Crippen MR) is 224 cm³/mol. The molecule has 2 aliphatic heterocycles. The second-order valence-electron chi connectivity index (χ2n) is 15.5. The van der Waals surface area contributed by atoms with Crippen molar-refractivity contribution in [3.63, 3.8) is 0 Å². The Morgan fingerprint density at radius 1 is 0.333 bits per heavy atom. The molecule has 0 saturated heterocycles. The summed E-state index contributed by atoms with van der Waals surface area (Å²) in [4.78, 5) is 15.3. The van der Waals surface area contributed by atoms with Gasteiger partial charge in [0, 0.05) is 33.3 Å². The van der Waals surface area contributed by atoms with Gasteiger partial charge >= 0.3 is 0 Å². The third kappa shape index (κ3) is 4.83. The van der Waals surface area contributed by atoms with Crippen LogP contribution in [0.4, 0.5) is 34.1 Å². The highest BCUT2D eigenvalue weighted by atomic mass is 15.2. The minimum absolute atomic E-state index is 0.105. The van der Waals surface area contributed by atoms with E-state index in [4.69, 9.17) is 9.97 Å². The molecular formula is C50H40N4. The smallest absolute Gasteiger partial charge is 0.0973 e. The minimum atomic E-state index is -0.105. The van der Waals surface area contributed by atoms with Crippen LogP contribution in [0.25, 0.3) is 33.5 Å². The molecule has 54 heavy (non-hydrogen) atoms. The van der Waals surface area contributed by atoms with Crippen LogP contribution < -0.4 is 9.80 Å². The third-order valence-corrected chi connectivity index (χ3v) is 11.6. The highest BCUT2D eigenvalue weighted by molar-refractivity contribution is 5.91. The van der Waals surface area contributed by atoms with Crippen molar-refractivity contribution in [3.05, 3.63) is 192 Å². The van der Waals surface area contributed by atoms with Gasteiger partial charge in [-0.05, 0) is 82.9 Å². The van der Waals surface area contributed by atoms with Crippen LogP contribution in [0.15, 0.2) is 170 Å². The summed E-state index contributed by atoms with van der Waals surface area (Å²) >= 11 is 0. The lowest BCUT2D eigenvalue weighted by Gasteiger charge is -2.42. The molecule has 4 nitrogen and oxygen atoms in total. The van der Waals surface area contributed by atoms with Crippen LogP contribution >= 0.6 is 0 Å². The first-order valence-corrected chi connectivity index (χ1v) is 18.8. The summed E-state index contributed by atoms with van der Waals surface area (Å²) < 4.78 is 0. The average Bonchev–Trinajstić information content (AvgIpc) is 3.21. The average molecular weight is 697 g/mol. The van der Waals surface area contributed by atoms with Crippen LogP contribution in [0.1, 0.15) is 49.9 Å². The van der Waals surface area contributed by atoms with Gasteiger partial charge in [-0.15, -0.1) is 0 Å². The van der Waals surface area contributed by atoms with E-state index in [2.05, 4.69) is 183 Å². The molecule has 0 unspecified atom stereocenters. The van der Waals surface area contributed by atoms with Crippen LogP contribution in [-0.4, -0.2) is 9.97 Å². The van der Waals surface area contributed by atoms with Crippen molar-refractivity contribution in [2.75, 3.05) is 9.80 Å². The monoisotopic (exact) mass is 696 g/mol. The Balaban J connectivity index is 1.07. The van der Waals surface area contributed by atoms with Gasteiger partial charge in [0.15, 0.2) is 0 Å². The number of anilines is 6. The number of nitrogens with zero attached hydrogens (tertiary/aromatic N) is 4. The first kappa shape index (κ1) is 32.2. The molecule has 0 amide bonds. The van der Waals surface area contributed by atoms with Crippen molar-refractivity contribution in [2.45, 2.75) is 38.5 Å². The van der Waals surface area contributed by atoms with Crippen molar-refractivity contribution in [1.82, 2.24) is 9.97 Å². The third-order valence-electron chi connectivity index (χ3n) is 11.6. The molecule has 8 aromatic rings. The number of hydrogen-bond acceptors (Lipinski definition) is 4. The van der Waals surface area contributed by atoms with E-state index in [9.17, 15) is 0 Å². The van der Waals surface area contributed by atoms with Crippen molar-refractivity contribution in [2.24, 2.45) is 0 Å². The van der Waals surface area contributed by atoms with Gasteiger partial charge in [-0.3, -0.25) is 0 Å². The summed E-state index contributed by atoms with van der Waals surface area (Å²) in [5.74, 6) is 0. The fraction of sp³-hybridized carbons (Fsp3) is 0.120. The van der Waals surface area contributed by atoms with E-state index in [-0.39, 0.29) is 10.8 Å². The van der Waals surface area contributed by atoms with Gasteiger partial charge in [-0.1, -0.05) is 137 Å². The lowest BCUT2D eigenvalue weighted by Crippen LogP contribution is -2.30. The van der Waals surface area contributed by atoms with Gasteiger partial charge in [0.2, 0.25) is 0 Å². The Morgan fingerprint density at radius 3 is 0.926 bits per heavy atom. The van der Waals surface area contributed by atoms with E-state index < -0.39 is 0 Å². The summed E-state index contributed by atoms with van der Waals surface area (Å²) in [5, 5.41) is 0. The second-order valence-corrected chi connectivity index (χ2v) is 15.5. The van der Waals surface area contributed by atoms with Crippen LogP contribution in [0.3, 0.4) is 0 Å². The van der Waals surface area contributed by atoms with Crippen molar-refractivity contribution in [3.8, 4) is 22.5 Å².